The maximum atomic E-state index is 12.9. The third-order valence-electron chi connectivity index (χ3n) is 4.91. The number of aromatic nitrogens is 2. The van der Waals surface area contributed by atoms with E-state index >= 15 is 0 Å². The molecule has 3 rings (SSSR count). The number of nitrogens with zero attached hydrogens (tertiary/aromatic N) is 4. The van der Waals surface area contributed by atoms with Gasteiger partial charge in [0.05, 0.1) is 16.8 Å². The van der Waals surface area contributed by atoms with E-state index < -0.39 is 17.8 Å². The van der Waals surface area contributed by atoms with E-state index in [-0.39, 0.29) is 5.91 Å². The van der Waals surface area contributed by atoms with Crippen molar-refractivity contribution < 1.29 is 18.0 Å². The number of benzene rings is 1. The van der Waals surface area contributed by atoms with Crippen molar-refractivity contribution in [3.05, 3.63) is 52.8 Å². The number of carbonyl (C=O) groups excluding carboxylic acids is 1. The Morgan fingerprint density at radius 3 is 2.54 bits per heavy atom. The molecule has 0 spiro atoms. The highest BCUT2D eigenvalue weighted by Crippen LogP contribution is 2.30. The highest BCUT2D eigenvalue weighted by molar-refractivity contribution is 6.30. The van der Waals surface area contributed by atoms with Crippen LogP contribution < -0.4 is 0 Å². The Hall–Kier alpha value is -2.06. The van der Waals surface area contributed by atoms with Gasteiger partial charge >= 0.3 is 6.18 Å². The van der Waals surface area contributed by atoms with E-state index in [9.17, 15) is 18.0 Å². The van der Waals surface area contributed by atoms with E-state index in [0.717, 1.165) is 6.07 Å². The van der Waals surface area contributed by atoms with Gasteiger partial charge in [0, 0.05) is 38.9 Å². The molecule has 0 aliphatic carbocycles. The Bertz CT molecular complexity index is 816. The van der Waals surface area contributed by atoms with Crippen LogP contribution in [0.1, 0.15) is 30.5 Å². The van der Waals surface area contributed by atoms with Crippen LogP contribution in [0, 0.1) is 0 Å². The van der Waals surface area contributed by atoms with Crippen molar-refractivity contribution in [2.75, 3.05) is 26.2 Å². The molecule has 1 fully saturated rings. The predicted molar refractivity (Wildman–Crippen MR) is 99.9 cm³/mol. The van der Waals surface area contributed by atoms with E-state index in [2.05, 4.69) is 10.00 Å². The molecule has 0 bridgehead atoms. The molecule has 1 aromatic carbocycles. The maximum absolute atomic E-state index is 12.9. The largest absolute Gasteiger partial charge is 0.416 e. The van der Waals surface area contributed by atoms with Crippen molar-refractivity contribution in [1.29, 1.82) is 0 Å². The van der Waals surface area contributed by atoms with Gasteiger partial charge in [-0.2, -0.15) is 18.3 Å². The molecule has 0 N–H and O–H groups in total. The Balaban J connectivity index is 1.58. The average Bonchev–Trinajstić information content (AvgIpc) is 3.08. The van der Waals surface area contributed by atoms with Gasteiger partial charge in [0.1, 0.15) is 6.04 Å². The van der Waals surface area contributed by atoms with E-state index in [0.29, 0.717) is 49.7 Å². The number of carbonyl (C=O) groups is 1. The lowest BCUT2D eigenvalue weighted by Gasteiger charge is -2.36. The fourth-order valence-corrected chi connectivity index (χ4v) is 3.55. The van der Waals surface area contributed by atoms with Crippen molar-refractivity contribution in [1.82, 2.24) is 19.6 Å². The standard InChI is InChI=1S/C19H22ClF3N4O/c1-2-17(27-13-16(20)11-24-27)18(28)26-8-6-25(7-9-26)12-14-4-3-5-15(10-14)19(21,22)23/h3-5,10-11,13,17H,2,6-9,12H2,1H3. The van der Waals surface area contributed by atoms with Crippen LogP contribution in [-0.2, 0) is 17.5 Å². The number of rotatable bonds is 5. The highest BCUT2D eigenvalue weighted by atomic mass is 35.5. The summed E-state index contributed by atoms with van der Waals surface area (Å²) in [6.07, 6.45) is -0.602. The molecule has 28 heavy (non-hydrogen) atoms. The van der Waals surface area contributed by atoms with Crippen LogP contribution in [-0.4, -0.2) is 51.7 Å². The summed E-state index contributed by atoms with van der Waals surface area (Å²) in [7, 11) is 0. The molecule has 9 heteroatoms. The summed E-state index contributed by atoms with van der Waals surface area (Å²) >= 11 is 5.90. The molecule has 1 aliphatic rings. The lowest BCUT2D eigenvalue weighted by atomic mass is 10.1. The van der Waals surface area contributed by atoms with Crippen LogP contribution in [0.25, 0.3) is 0 Å². The number of piperazine rings is 1. The summed E-state index contributed by atoms with van der Waals surface area (Å²) in [6.45, 7) is 4.63. The molecule has 2 heterocycles. The van der Waals surface area contributed by atoms with Gasteiger partial charge < -0.3 is 4.90 Å². The Morgan fingerprint density at radius 1 is 1.25 bits per heavy atom. The van der Waals surface area contributed by atoms with Crippen LogP contribution in [0.5, 0.6) is 0 Å². The molecule has 5 nitrogen and oxygen atoms in total. The second-order valence-electron chi connectivity index (χ2n) is 6.86. The minimum absolute atomic E-state index is 0.0130. The third kappa shape index (κ3) is 4.86. The van der Waals surface area contributed by atoms with Crippen molar-refractivity contribution in [2.45, 2.75) is 32.1 Å². The number of hydrogen-bond acceptors (Lipinski definition) is 3. The third-order valence-corrected chi connectivity index (χ3v) is 5.10. The van der Waals surface area contributed by atoms with Gasteiger partial charge in [-0.15, -0.1) is 0 Å². The first-order chi connectivity index (χ1) is 13.3. The van der Waals surface area contributed by atoms with Crippen LogP contribution in [0.3, 0.4) is 0 Å². The number of hydrogen-bond donors (Lipinski definition) is 0. The van der Waals surface area contributed by atoms with E-state index in [1.54, 1.807) is 21.8 Å². The molecule has 1 saturated heterocycles. The SMILES string of the molecule is CCC(C(=O)N1CCN(Cc2cccc(C(F)(F)F)c2)CC1)n1cc(Cl)cn1. The van der Waals surface area contributed by atoms with Crippen LogP contribution >= 0.6 is 11.6 Å². The summed E-state index contributed by atoms with van der Waals surface area (Å²) in [5, 5.41) is 4.62. The Labute approximate surface area is 166 Å². The Kier molecular flexibility index (Phi) is 6.30. The first-order valence-electron chi connectivity index (χ1n) is 9.15. The first-order valence-corrected chi connectivity index (χ1v) is 9.52. The molecule has 1 aromatic heterocycles. The van der Waals surface area contributed by atoms with Gasteiger partial charge in [-0.1, -0.05) is 36.7 Å². The van der Waals surface area contributed by atoms with Gasteiger partial charge in [0.25, 0.3) is 0 Å². The lowest BCUT2D eigenvalue weighted by Crippen LogP contribution is -2.50. The smallest absolute Gasteiger partial charge is 0.338 e. The fraction of sp³-hybridized carbons (Fsp3) is 0.474. The molecule has 1 unspecified atom stereocenters. The molecule has 1 amide bonds. The van der Waals surface area contributed by atoms with Gasteiger partial charge in [0.2, 0.25) is 5.91 Å². The predicted octanol–water partition coefficient (Wildman–Crippen LogP) is 3.85. The first kappa shape index (κ1) is 20.7. The zero-order chi connectivity index (χ0) is 20.3. The van der Waals surface area contributed by atoms with Crippen LogP contribution in [0.4, 0.5) is 13.2 Å². The maximum Gasteiger partial charge on any atom is 0.416 e. The molecule has 0 saturated carbocycles. The molecular formula is C19H22ClF3N4O. The summed E-state index contributed by atoms with van der Waals surface area (Å²) in [4.78, 5) is 16.7. The van der Waals surface area contributed by atoms with Crippen molar-refractivity contribution in [3.63, 3.8) is 0 Å². The summed E-state index contributed by atoms with van der Waals surface area (Å²) < 4.78 is 40.2. The van der Waals surface area contributed by atoms with Crippen LogP contribution in [0.2, 0.25) is 5.02 Å². The number of alkyl halides is 3. The van der Waals surface area contributed by atoms with Crippen molar-refractivity contribution in [2.24, 2.45) is 0 Å². The Morgan fingerprint density at radius 2 is 1.96 bits per heavy atom. The zero-order valence-electron chi connectivity index (χ0n) is 15.5. The van der Waals surface area contributed by atoms with Gasteiger partial charge in [-0.25, -0.2) is 0 Å². The topological polar surface area (TPSA) is 41.4 Å². The molecule has 1 atom stereocenters. The zero-order valence-corrected chi connectivity index (χ0v) is 16.2. The monoisotopic (exact) mass is 414 g/mol. The lowest BCUT2D eigenvalue weighted by molar-refractivity contribution is -0.138. The second-order valence-corrected chi connectivity index (χ2v) is 7.30. The summed E-state index contributed by atoms with van der Waals surface area (Å²) in [5.74, 6) is -0.0130. The minimum Gasteiger partial charge on any atom is -0.338 e. The number of amides is 1. The normalized spacial score (nSPS) is 17.0. The summed E-state index contributed by atoms with van der Waals surface area (Å²) in [5.41, 5.74) is -0.0188. The molecule has 0 radical (unpaired) electrons. The highest BCUT2D eigenvalue weighted by Gasteiger charge is 2.31. The second kappa shape index (κ2) is 8.53. The fourth-order valence-electron chi connectivity index (χ4n) is 3.40. The summed E-state index contributed by atoms with van der Waals surface area (Å²) in [6, 6.07) is 4.99. The molecule has 152 valence electrons. The van der Waals surface area contributed by atoms with Crippen molar-refractivity contribution in [3.8, 4) is 0 Å². The van der Waals surface area contributed by atoms with Gasteiger partial charge in [-0.05, 0) is 18.1 Å². The minimum atomic E-state index is -4.34. The van der Waals surface area contributed by atoms with E-state index in [4.69, 9.17) is 11.6 Å². The van der Waals surface area contributed by atoms with Gasteiger partial charge in [0.15, 0.2) is 0 Å². The molecule has 2 aromatic rings. The van der Waals surface area contributed by atoms with E-state index in [1.165, 1.54) is 18.3 Å². The molecular weight excluding hydrogens is 393 g/mol. The van der Waals surface area contributed by atoms with E-state index in [1.807, 2.05) is 6.92 Å². The quantitative estimate of drug-likeness (QED) is 0.746. The number of halogens is 4. The van der Waals surface area contributed by atoms with Gasteiger partial charge in [-0.3, -0.25) is 14.4 Å². The van der Waals surface area contributed by atoms with Crippen molar-refractivity contribution >= 4 is 17.5 Å². The van der Waals surface area contributed by atoms with Crippen LogP contribution in [0.15, 0.2) is 36.7 Å². The molecule has 1 aliphatic heterocycles. The average molecular weight is 415 g/mol.